The summed E-state index contributed by atoms with van der Waals surface area (Å²) in [6.45, 7) is 2.43. The van der Waals surface area contributed by atoms with Gasteiger partial charge in [0.25, 0.3) is 0 Å². The van der Waals surface area contributed by atoms with Crippen LogP contribution in [0.15, 0.2) is 35.5 Å². The highest BCUT2D eigenvalue weighted by molar-refractivity contribution is 7.09. The van der Waals surface area contributed by atoms with Crippen LogP contribution in [0.2, 0.25) is 0 Å². The molecule has 1 saturated heterocycles. The Morgan fingerprint density at radius 3 is 3.04 bits per heavy atom. The second-order valence-corrected chi connectivity index (χ2v) is 6.60. The van der Waals surface area contributed by atoms with Gasteiger partial charge >= 0.3 is 6.03 Å². The Morgan fingerprint density at radius 2 is 2.35 bits per heavy atom. The molecule has 0 N–H and O–H groups in total. The quantitative estimate of drug-likeness (QED) is 0.807. The lowest BCUT2D eigenvalue weighted by Crippen LogP contribution is -2.28. The van der Waals surface area contributed by atoms with Crippen molar-refractivity contribution in [1.29, 1.82) is 5.26 Å². The van der Waals surface area contributed by atoms with Crippen molar-refractivity contribution in [3.8, 4) is 11.8 Å². The zero-order valence-electron chi connectivity index (χ0n) is 12.6. The van der Waals surface area contributed by atoms with Crippen LogP contribution in [0.3, 0.4) is 0 Å². The van der Waals surface area contributed by atoms with Crippen LogP contribution in [0.4, 0.5) is 9.18 Å². The molecule has 0 radical (unpaired) electrons. The SMILES string of the molecule is Cc1cn(-c2cccc(C#N)c2)c(=NC(=O)N2CC[C@@H](F)C2)s1. The van der Waals surface area contributed by atoms with Crippen LogP contribution in [0.5, 0.6) is 0 Å². The van der Waals surface area contributed by atoms with Gasteiger partial charge in [0.05, 0.1) is 18.2 Å². The average Bonchev–Trinajstić information content (AvgIpc) is 3.13. The zero-order chi connectivity index (χ0) is 16.4. The largest absolute Gasteiger partial charge is 0.346 e. The van der Waals surface area contributed by atoms with Gasteiger partial charge in [0.1, 0.15) is 6.17 Å². The third-order valence-corrected chi connectivity index (χ3v) is 4.51. The molecular weight excluding hydrogens is 315 g/mol. The number of carbonyl (C=O) groups excluding carboxylic acids is 1. The predicted octanol–water partition coefficient (Wildman–Crippen LogP) is 2.78. The van der Waals surface area contributed by atoms with E-state index in [4.69, 9.17) is 5.26 Å². The topological polar surface area (TPSA) is 61.4 Å². The molecule has 118 valence electrons. The van der Waals surface area contributed by atoms with Gasteiger partial charge in [0.15, 0.2) is 4.80 Å². The maximum Gasteiger partial charge on any atom is 0.346 e. The van der Waals surface area contributed by atoms with Crippen LogP contribution in [-0.2, 0) is 0 Å². The van der Waals surface area contributed by atoms with Gasteiger partial charge in [-0.3, -0.25) is 4.57 Å². The fraction of sp³-hybridized carbons (Fsp3) is 0.312. The van der Waals surface area contributed by atoms with Gasteiger partial charge in [-0.25, -0.2) is 9.18 Å². The summed E-state index contributed by atoms with van der Waals surface area (Å²) >= 11 is 1.38. The molecule has 3 rings (SSSR count). The van der Waals surface area contributed by atoms with Crippen molar-refractivity contribution >= 4 is 17.4 Å². The smallest absolute Gasteiger partial charge is 0.320 e. The van der Waals surface area contributed by atoms with E-state index in [1.807, 2.05) is 19.2 Å². The summed E-state index contributed by atoms with van der Waals surface area (Å²) in [4.78, 5) is 19.3. The molecule has 23 heavy (non-hydrogen) atoms. The number of carbonyl (C=O) groups is 1. The van der Waals surface area contributed by atoms with Crippen molar-refractivity contribution in [3.63, 3.8) is 0 Å². The minimum absolute atomic E-state index is 0.108. The molecule has 2 amide bonds. The van der Waals surface area contributed by atoms with Gasteiger partial charge in [-0.2, -0.15) is 10.3 Å². The lowest BCUT2D eigenvalue weighted by Gasteiger charge is -2.10. The van der Waals surface area contributed by atoms with E-state index in [2.05, 4.69) is 11.1 Å². The van der Waals surface area contributed by atoms with Crippen LogP contribution < -0.4 is 4.80 Å². The van der Waals surface area contributed by atoms with Crippen molar-refractivity contribution in [2.45, 2.75) is 19.5 Å². The Balaban J connectivity index is 1.99. The first-order valence-electron chi connectivity index (χ1n) is 7.24. The lowest BCUT2D eigenvalue weighted by atomic mass is 10.2. The number of aryl methyl sites for hydroxylation is 1. The summed E-state index contributed by atoms with van der Waals surface area (Å²) in [6.07, 6.45) is 1.28. The van der Waals surface area contributed by atoms with Crippen molar-refractivity contribution < 1.29 is 9.18 Å². The maximum atomic E-state index is 13.2. The molecular formula is C16H15FN4OS. The highest BCUT2D eigenvalue weighted by Gasteiger charge is 2.25. The number of thiazole rings is 1. The summed E-state index contributed by atoms with van der Waals surface area (Å²) in [7, 11) is 0. The van der Waals surface area contributed by atoms with Gasteiger partial charge in [0.2, 0.25) is 0 Å². The zero-order valence-corrected chi connectivity index (χ0v) is 13.4. The fourth-order valence-corrected chi connectivity index (χ4v) is 3.31. The molecule has 2 heterocycles. The van der Waals surface area contributed by atoms with E-state index < -0.39 is 12.2 Å². The Morgan fingerprint density at radius 1 is 1.52 bits per heavy atom. The Bertz CT molecular complexity index is 848. The number of nitrogens with zero attached hydrogens (tertiary/aromatic N) is 4. The third-order valence-electron chi connectivity index (χ3n) is 3.62. The Labute approximate surface area is 136 Å². The number of nitriles is 1. The molecule has 0 bridgehead atoms. The first-order chi connectivity index (χ1) is 11.1. The first kappa shape index (κ1) is 15.4. The number of alkyl halides is 1. The number of urea groups is 1. The van der Waals surface area contributed by atoms with Gasteiger partial charge < -0.3 is 4.90 Å². The normalized spacial score (nSPS) is 18.2. The second-order valence-electron chi connectivity index (χ2n) is 5.38. The molecule has 0 aliphatic carbocycles. The van der Waals surface area contributed by atoms with Gasteiger partial charge in [-0.15, -0.1) is 11.3 Å². The van der Waals surface area contributed by atoms with Gasteiger partial charge in [-0.1, -0.05) is 6.07 Å². The number of hydrogen-bond acceptors (Lipinski definition) is 3. The molecule has 0 spiro atoms. The van der Waals surface area contributed by atoms with Crippen LogP contribution in [-0.4, -0.2) is 34.8 Å². The predicted molar refractivity (Wildman–Crippen MR) is 85.1 cm³/mol. The Hall–Kier alpha value is -2.46. The van der Waals surface area contributed by atoms with E-state index in [0.29, 0.717) is 23.3 Å². The number of rotatable bonds is 1. The van der Waals surface area contributed by atoms with E-state index in [1.54, 1.807) is 22.8 Å². The summed E-state index contributed by atoms with van der Waals surface area (Å²) in [5, 5.41) is 9.02. The molecule has 1 aromatic heterocycles. The number of likely N-dealkylation sites (tertiary alicyclic amines) is 1. The van der Waals surface area contributed by atoms with Crippen molar-refractivity contribution in [3.05, 3.63) is 45.7 Å². The van der Waals surface area contributed by atoms with Gasteiger partial charge in [0, 0.05) is 23.3 Å². The van der Waals surface area contributed by atoms with E-state index >= 15 is 0 Å². The lowest BCUT2D eigenvalue weighted by molar-refractivity contribution is 0.213. The second kappa shape index (κ2) is 6.34. The molecule has 5 nitrogen and oxygen atoms in total. The first-order valence-corrected chi connectivity index (χ1v) is 8.06. The minimum atomic E-state index is -0.960. The standard InChI is InChI=1S/C16H15FN4OS/c1-11-9-21(14-4-2-3-12(7-14)8-18)16(23-11)19-15(22)20-6-5-13(17)10-20/h2-4,7,9,13H,5-6,10H2,1H3/t13-/m1/s1. The molecule has 1 aliphatic rings. The average molecular weight is 330 g/mol. The highest BCUT2D eigenvalue weighted by atomic mass is 32.1. The summed E-state index contributed by atoms with van der Waals surface area (Å²) in [6, 6.07) is 8.77. The van der Waals surface area contributed by atoms with Crippen LogP contribution >= 0.6 is 11.3 Å². The maximum absolute atomic E-state index is 13.2. The van der Waals surface area contributed by atoms with E-state index in [9.17, 15) is 9.18 Å². The summed E-state index contributed by atoms with van der Waals surface area (Å²) in [5.41, 5.74) is 1.31. The van der Waals surface area contributed by atoms with Gasteiger partial charge in [-0.05, 0) is 31.5 Å². The number of benzene rings is 1. The van der Waals surface area contributed by atoms with Crippen LogP contribution in [0, 0.1) is 18.3 Å². The van der Waals surface area contributed by atoms with Crippen molar-refractivity contribution in [1.82, 2.24) is 9.47 Å². The van der Waals surface area contributed by atoms with E-state index in [1.165, 1.54) is 16.2 Å². The summed E-state index contributed by atoms with van der Waals surface area (Å²) < 4.78 is 15.0. The molecule has 1 aliphatic heterocycles. The van der Waals surface area contributed by atoms with Crippen LogP contribution in [0.25, 0.3) is 5.69 Å². The molecule has 0 saturated carbocycles. The van der Waals surface area contributed by atoms with Crippen LogP contribution in [0.1, 0.15) is 16.9 Å². The number of hydrogen-bond donors (Lipinski definition) is 0. The molecule has 1 fully saturated rings. The summed E-state index contributed by atoms with van der Waals surface area (Å²) in [5.74, 6) is 0. The number of halogens is 1. The van der Waals surface area contributed by atoms with E-state index in [-0.39, 0.29) is 6.54 Å². The fourth-order valence-electron chi connectivity index (χ4n) is 2.49. The molecule has 7 heteroatoms. The Kier molecular flexibility index (Phi) is 4.26. The monoisotopic (exact) mass is 330 g/mol. The third kappa shape index (κ3) is 3.32. The highest BCUT2D eigenvalue weighted by Crippen LogP contribution is 2.14. The number of aromatic nitrogens is 1. The molecule has 1 aromatic carbocycles. The minimum Gasteiger partial charge on any atom is -0.320 e. The van der Waals surface area contributed by atoms with Crippen molar-refractivity contribution in [2.75, 3.05) is 13.1 Å². The molecule has 2 aromatic rings. The number of amides is 2. The van der Waals surface area contributed by atoms with Crippen molar-refractivity contribution in [2.24, 2.45) is 4.99 Å². The molecule has 1 atom stereocenters. The molecule has 0 unspecified atom stereocenters. The van der Waals surface area contributed by atoms with E-state index in [0.717, 1.165) is 10.6 Å².